The third-order valence-electron chi connectivity index (χ3n) is 3.44. The van der Waals surface area contributed by atoms with Crippen LogP contribution in [0.15, 0.2) is 60.7 Å². The Bertz CT molecular complexity index is 917. The number of anilines is 1. The largest absolute Gasteiger partial charge is 0.322 e. The Morgan fingerprint density at radius 2 is 1.83 bits per heavy atom. The van der Waals surface area contributed by atoms with E-state index in [0.29, 0.717) is 11.2 Å². The van der Waals surface area contributed by atoms with E-state index in [0.717, 1.165) is 5.39 Å². The van der Waals surface area contributed by atoms with Crippen LogP contribution in [0.3, 0.4) is 0 Å². The Morgan fingerprint density at radius 1 is 1.09 bits per heavy atom. The number of hydrogen-bond acceptors (Lipinski definition) is 3. The fraction of sp³-hybridized carbons (Fsp3) is 0.0556. The first kappa shape index (κ1) is 14.7. The second-order valence-corrected chi connectivity index (χ2v) is 4.96. The number of carbonyl (C=O) groups excluding carboxylic acids is 1. The SMILES string of the molecule is N#CC(C(=O)Nc1ccccc1F)c1ccc2ccccc2n1. The molecule has 0 aliphatic heterocycles. The van der Waals surface area contributed by atoms with Crippen molar-refractivity contribution >= 4 is 22.5 Å². The first-order chi connectivity index (χ1) is 11.2. The Balaban J connectivity index is 1.90. The van der Waals surface area contributed by atoms with E-state index in [1.165, 1.54) is 18.2 Å². The van der Waals surface area contributed by atoms with Gasteiger partial charge in [0.15, 0.2) is 5.92 Å². The highest BCUT2D eigenvalue weighted by Crippen LogP contribution is 2.21. The van der Waals surface area contributed by atoms with Crippen molar-refractivity contribution in [3.05, 3.63) is 72.2 Å². The van der Waals surface area contributed by atoms with Gasteiger partial charge in [0.1, 0.15) is 5.82 Å². The molecule has 0 spiro atoms. The summed E-state index contributed by atoms with van der Waals surface area (Å²) < 4.78 is 13.6. The number of rotatable bonds is 3. The summed E-state index contributed by atoms with van der Waals surface area (Å²) in [5.74, 6) is -2.27. The molecule has 1 atom stereocenters. The summed E-state index contributed by atoms with van der Waals surface area (Å²) in [5.41, 5.74) is 1.07. The third-order valence-corrected chi connectivity index (χ3v) is 3.44. The summed E-state index contributed by atoms with van der Waals surface area (Å²) in [7, 11) is 0. The highest BCUT2D eigenvalue weighted by molar-refractivity contribution is 5.97. The van der Waals surface area contributed by atoms with Crippen molar-refractivity contribution in [3.63, 3.8) is 0 Å². The van der Waals surface area contributed by atoms with Crippen molar-refractivity contribution < 1.29 is 9.18 Å². The van der Waals surface area contributed by atoms with Crippen LogP contribution in [0.1, 0.15) is 11.6 Å². The lowest BCUT2D eigenvalue weighted by Crippen LogP contribution is -2.21. The number of aromatic nitrogens is 1. The second-order valence-electron chi connectivity index (χ2n) is 4.96. The Hall–Kier alpha value is -3.26. The molecule has 3 rings (SSSR count). The average molecular weight is 305 g/mol. The molecule has 23 heavy (non-hydrogen) atoms. The highest BCUT2D eigenvalue weighted by Gasteiger charge is 2.22. The van der Waals surface area contributed by atoms with E-state index < -0.39 is 17.6 Å². The lowest BCUT2D eigenvalue weighted by atomic mass is 10.0. The van der Waals surface area contributed by atoms with Gasteiger partial charge in [0.05, 0.1) is 23.0 Å². The van der Waals surface area contributed by atoms with Gasteiger partial charge in [-0.15, -0.1) is 0 Å². The molecule has 0 radical (unpaired) electrons. The molecule has 5 heteroatoms. The fourth-order valence-electron chi connectivity index (χ4n) is 2.27. The van der Waals surface area contributed by atoms with Gasteiger partial charge in [-0.2, -0.15) is 5.26 Å². The number of amides is 1. The van der Waals surface area contributed by atoms with E-state index >= 15 is 0 Å². The van der Waals surface area contributed by atoms with Gasteiger partial charge < -0.3 is 5.32 Å². The van der Waals surface area contributed by atoms with E-state index in [2.05, 4.69) is 10.3 Å². The molecule has 1 N–H and O–H groups in total. The molecule has 4 nitrogen and oxygen atoms in total. The van der Waals surface area contributed by atoms with Crippen molar-refractivity contribution in [2.45, 2.75) is 5.92 Å². The molecular formula is C18H12FN3O. The van der Waals surface area contributed by atoms with Crippen molar-refractivity contribution in [1.82, 2.24) is 4.98 Å². The summed E-state index contributed by atoms with van der Waals surface area (Å²) in [5, 5.41) is 12.7. The predicted molar refractivity (Wildman–Crippen MR) is 85.1 cm³/mol. The predicted octanol–water partition coefficient (Wildman–Crippen LogP) is 3.62. The Morgan fingerprint density at radius 3 is 2.61 bits per heavy atom. The maximum absolute atomic E-state index is 13.6. The maximum atomic E-state index is 13.6. The summed E-state index contributed by atoms with van der Waals surface area (Å²) in [6.07, 6.45) is 0. The van der Waals surface area contributed by atoms with E-state index in [1.807, 2.05) is 30.3 Å². The zero-order chi connectivity index (χ0) is 16.2. The number of carbonyl (C=O) groups is 1. The van der Waals surface area contributed by atoms with Gasteiger partial charge in [0, 0.05) is 5.39 Å². The number of nitrogens with one attached hydrogen (secondary N) is 1. The van der Waals surface area contributed by atoms with Crippen molar-refractivity contribution in [2.24, 2.45) is 0 Å². The van der Waals surface area contributed by atoms with Crippen LogP contribution in [0.2, 0.25) is 0 Å². The minimum absolute atomic E-state index is 0.0403. The average Bonchev–Trinajstić information content (AvgIpc) is 2.57. The van der Waals surface area contributed by atoms with E-state index in [1.54, 1.807) is 18.2 Å². The number of nitrogens with zero attached hydrogens (tertiary/aromatic N) is 2. The minimum atomic E-state index is -1.11. The molecule has 0 aliphatic carbocycles. The topological polar surface area (TPSA) is 65.8 Å². The normalized spacial score (nSPS) is 11.7. The Kier molecular flexibility index (Phi) is 3.98. The zero-order valence-corrected chi connectivity index (χ0v) is 12.0. The van der Waals surface area contributed by atoms with Gasteiger partial charge in [-0.05, 0) is 24.3 Å². The summed E-state index contributed by atoms with van der Waals surface area (Å²) in [6.45, 7) is 0. The maximum Gasteiger partial charge on any atom is 0.247 e. The standard InChI is InChI=1S/C18H12FN3O/c19-14-6-2-4-8-17(14)22-18(23)13(11-20)16-10-9-12-5-1-3-7-15(12)21-16/h1-10,13H,(H,22,23). The number of hydrogen-bond donors (Lipinski definition) is 1. The second kappa shape index (κ2) is 6.24. The van der Waals surface area contributed by atoms with Crippen LogP contribution in [-0.2, 0) is 4.79 Å². The molecule has 112 valence electrons. The van der Waals surface area contributed by atoms with Crippen LogP contribution in [0, 0.1) is 17.1 Å². The molecule has 0 aliphatic rings. The van der Waals surface area contributed by atoms with Gasteiger partial charge >= 0.3 is 0 Å². The van der Waals surface area contributed by atoms with Crippen molar-refractivity contribution in [3.8, 4) is 6.07 Å². The zero-order valence-electron chi connectivity index (χ0n) is 12.0. The first-order valence-corrected chi connectivity index (χ1v) is 7.00. The van der Waals surface area contributed by atoms with Crippen LogP contribution < -0.4 is 5.32 Å². The van der Waals surface area contributed by atoms with Crippen LogP contribution in [-0.4, -0.2) is 10.9 Å². The highest BCUT2D eigenvalue weighted by atomic mass is 19.1. The molecule has 0 bridgehead atoms. The first-order valence-electron chi connectivity index (χ1n) is 7.00. The number of benzene rings is 2. The van der Waals surface area contributed by atoms with Gasteiger partial charge in [0.25, 0.3) is 0 Å². The monoisotopic (exact) mass is 305 g/mol. The van der Waals surface area contributed by atoms with Crippen LogP contribution in [0.4, 0.5) is 10.1 Å². The quantitative estimate of drug-likeness (QED) is 0.803. The van der Waals surface area contributed by atoms with Crippen LogP contribution in [0.5, 0.6) is 0 Å². The molecule has 1 unspecified atom stereocenters. The van der Waals surface area contributed by atoms with Crippen molar-refractivity contribution in [1.29, 1.82) is 5.26 Å². The number of halogens is 1. The van der Waals surface area contributed by atoms with Gasteiger partial charge in [-0.25, -0.2) is 4.39 Å². The third kappa shape index (κ3) is 3.01. The molecule has 0 saturated carbocycles. The van der Waals surface area contributed by atoms with Crippen LogP contribution in [0.25, 0.3) is 10.9 Å². The fourth-order valence-corrected chi connectivity index (χ4v) is 2.27. The Labute approximate surface area is 132 Å². The minimum Gasteiger partial charge on any atom is -0.322 e. The van der Waals surface area contributed by atoms with Gasteiger partial charge in [0.2, 0.25) is 5.91 Å². The van der Waals surface area contributed by atoms with E-state index in [-0.39, 0.29) is 5.69 Å². The summed E-state index contributed by atoms with van der Waals surface area (Å²) in [4.78, 5) is 16.6. The molecular weight excluding hydrogens is 293 g/mol. The summed E-state index contributed by atoms with van der Waals surface area (Å²) >= 11 is 0. The van der Waals surface area contributed by atoms with Gasteiger partial charge in [-0.3, -0.25) is 9.78 Å². The number of pyridine rings is 1. The van der Waals surface area contributed by atoms with Crippen LogP contribution >= 0.6 is 0 Å². The molecule has 1 aromatic heterocycles. The van der Waals surface area contributed by atoms with Gasteiger partial charge in [-0.1, -0.05) is 36.4 Å². The molecule has 0 saturated heterocycles. The number of fused-ring (bicyclic) bond motifs is 1. The molecule has 2 aromatic carbocycles. The lowest BCUT2D eigenvalue weighted by molar-refractivity contribution is -0.116. The smallest absolute Gasteiger partial charge is 0.247 e. The number of para-hydroxylation sites is 2. The molecule has 3 aromatic rings. The van der Waals surface area contributed by atoms with E-state index in [4.69, 9.17) is 0 Å². The summed E-state index contributed by atoms with van der Waals surface area (Å²) in [6, 6.07) is 18.6. The van der Waals surface area contributed by atoms with E-state index in [9.17, 15) is 14.4 Å². The lowest BCUT2D eigenvalue weighted by Gasteiger charge is -2.11. The molecule has 1 heterocycles. The molecule has 0 fully saturated rings. The number of nitriles is 1. The van der Waals surface area contributed by atoms with Crippen molar-refractivity contribution in [2.75, 3.05) is 5.32 Å². The molecule has 1 amide bonds.